The van der Waals surface area contributed by atoms with Gasteiger partial charge in [0.2, 0.25) is 0 Å². The van der Waals surface area contributed by atoms with E-state index in [1.54, 1.807) is 0 Å². The van der Waals surface area contributed by atoms with Crippen LogP contribution in [0.15, 0.2) is 4.99 Å². The van der Waals surface area contributed by atoms with E-state index < -0.39 is 0 Å². The summed E-state index contributed by atoms with van der Waals surface area (Å²) in [6.07, 6.45) is 2.45. The molecule has 1 heterocycles. The van der Waals surface area contributed by atoms with E-state index in [1.165, 1.54) is 12.8 Å². The Morgan fingerprint density at radius 3 is 2.78 bits per heavy atom. The molecule has 1 spiro atoms. The van der Waals surface area contributed by atoms with E-state index in [0.717, 1.165) is 18.9 Å². The molecule has 0 aromatic heterocycles. The predicted molar refractivity (Wildman–Crippen MR) is 35.9 cm³/mol. The minimum absolute atomic E-state index is 0.222. The number of hydrogen-bond acceptors (Lipinski definition) is 2. The molecule has 0 atom stereocenters. The molecule has 0 amide bonds. The van der Waals surface area contributed by atoms with Gasteiger partial charge in [0.05, 0.1) is 18.8 Å². The highest BCUT2D eigenvalue weighted by molar-refractivity contribution is 5.83. The Balaban J connectivity index is 2.07. The van der Waals surface area contributed by atoms with E-state index in [-0.39, 0.29) is 5.60 Å². The average Bonchev–Trinajstić information content (AvgIpc) is 2.60. The number of nitrogens with zero attached hydrogens (tertiary/aromatic N) is 1. The molecular formula is C7H11NO. The number of ether oxygens (including phenoxy) is 1. The second-order valence-corrected chi connectivity index (χ2v) is 3.02. The molecule has 0 bridgehead atoms. The van der Waals surface area contributed by atoms with Crippen molar-refractivity contribution in [2.24, 2.45) is 4.99 Å². The maximum absolute atomic E-state index is 5.56. The Bertz CT molecular complexity index is 158. The molecule has 0 radical (unpaired) electrons. The first-order chi connectivity index (χ1) is 4.31. The lowest BCUT2D eigenvalue weighted by Crippen LogP contribution is -2.27. The zero-order valence-electron chi connectivity index (χ0n) is 5.68. The van der Waals surface area contributed by atoms with E-state index in [1.807, 2.05) is 6.92 Å². The van der Waals surface area contributed by atoms with Crippen LogP contribution in [-0.4, -0.2) is 24.5 Å². The molecule has 2 aliphatic rings. The lowest BCUT2D eigenvalue weighted by molar-refractivity contribution is 0.0583. The molecule has 1 saturated carbocycles. The van der Waals surface area contributed by atoms with Gasteiger partial charge >= 0.3 is 0 Å². The number of aliphatic imine (C=N–C) groups is 1. The van der Waals surface area contributed by atoms with E-state index in [4.69, 9.17) is 4.74 Å². The van der Waals surface area contributed by atoms with Gasteiger partial charge in [0, 0.05) is 5.71 Å². The first kappa shape index (κ1) is 5.42. The van der Waals surface area contributed by atoms with E-state index in [9.17, 15) is 0 Å². The lowest BCUT2D eigenvalue weighted by Gasteiger charge is -2.19. The van der Waals surface area contributed by atoms with Crippen LogP contribution in [0.3, 0.4) is 0 Å². The van der Waals surface area contributed by atoms with Crippen LogP contribution in [0.2, 0.25) is 0 Å². The van der Waals surface area contributed by atoms with Crippen molar-refractivity contribution in [1.29, 1.82) is 0 Å². The molecule has 50 valence electrons. The molecule has 0 aromatic rings. The van der Waals surface area contributed by atoms with Crippen LogP contribution in [0.25, 0.3) is 0 Å². The van der Waals surface area contributed by atoms with Gasteiger partial charge in [0.1, 0.15) is 0 Å². The predicted octanol–water partition coefficient (Wildman–Crippen LogP) is 1.01. The SMILES string of the molecule is CC1=NCC2(CC2)OC1. The zero-order chi connectivity index (χ0) is 6.32. The summed E-state index contributed by atoms with van der Waals surface area (Å²) in [5.74, 6) is 0. The Morgan fingerprint density at radius 1 is 1.56 bits per heavy atom. The van der Waals surface area contributed by atoms with Gasteiger partial charge in [-0.3, -0.25) is 4.99 Å². The van der Waals surface area contributed by atoms with Crippen molar-refractivity contribution in [1.82, 2.24) is 0 Å². The molecule has 2 heteroatoms. The monoisotopic (exact) mass is 125 g/mol. The molecule has 1 aliphatic carbocycles. The molecule has 1 aliphatic heterocycles. The van der Waals surface area contributed by atoms with Gasteiger partial charge in [0.15, 0.2) is 0 Å². The van der Waals surface area contributed by atoms with Gasteiger partial charge in [-0.05, 0) is 19.8 Å². The van der Waals surface area contributed by atoms with Crippen molar-refractivity contribution >= 4 is 5.71 Å². The first-order valence-corrected chi connectivity index (χ1v) is 3.45. The highest BCUT2D eigenvalue weighted by Gasteiger charge is 2.45. The fourth-order valence-corrected chi connectivity index (χ4v) is 1.07. The van der Waals surface area contributed by atoms with Crippen LogP contribution in [0.1, 0.15) is 19.8 Å². The van der Waals surface area contributed by atoms with Crippen molar-refractivity contribution in [3.8, 4) is 0 Å². The van der Waals surface area contributed by atoms with Gasteiger partial charge in [0.25, 0.3) is 0 Å². The largest absolute Gasteiger partial charge is 0.367 e. The molecule has 0 unspecified atom stereocenters. The fraction of sp³-hybridized carbons (Fsp3) is 0.857. The van der Waals surface area contributed by atoms with Gasteiger partial charge in [-0.15, -0.1) is 0 Å². The number of rotatable bonds is 0. The van der Waals surface area contributed by atoms with Gasteiger partial charge in [-0.25, -0.2) is 0 Å². The molecule has 2 rings (SSSR count). The quantitative estimate of drug-likeness (QED) is 0.473. The Labute approximate surface area is 54.9 Å². The first-order valence-electron chi connectivity index (χ1n) is 3.45. The Hall–Kier alpha value is -0.370. The van der Waals surface area contributed by atoms with Crippen LogP contribution in [0, 0.1) is 0 Å². The molecular weight excluding hydrogens is 114 g/mol. The second-order valence-electron chi connectivity index (χ2n) is 3.02. The normalized spacial score (nSPS) is 30.1. The summed E-state index contributed by atoms with van der Waals surface area (Å²) in [5, 5.41) is 0. The van der Waals surface area contributed by atoms with Crippen LogP contribution < -0.4 is 0 Å². The minimum Gasteiger partial charge on any atom is -0.367 e. The molecule has 9 heavy (non-hydrogen) atoms. The highest BCUT2D eigenvalue weighted by Crippen LogP contribution is 2.41. The van der Waals surface area contributed by atoms with Crippen molar-refractivity contribution in [2.75, 3.05) is 13.2 Å². The highest BCUT2D eigenvalue weighted by atomic mass is 16.5. The number of hydrogen-bond donors (Lipinski definition) is 0. The summed E-state index contributed by atoms with van der Waals surface area (Å²) in [6, 6.07) is 0. The molecule has 1 fully saturated rings. The molecule has 2 nitrogen and oxygen atoms in total. The van der Waals surface area contributed by atoms with Crippen LogP contribution in [0.5, 0.6) is 0 Å². The maximum atomic E-state index is 5.56. The zero-order valence-corrected chi connectivity index (χ0v) is 5.68. The molecule has 0 N–H and O–H groups in total. The van der Waals surface area contributed by atoms with Crippen molar-refractivity contribution < 1.29 is 4.74 Å². The minimum atomic E-state index is 0.222. The van der Waals surface area contributed by atoms with Crippen LogP contribution in [-0.2, 0) is 4.74 Å². The average molecular weight is 125 g/mol. The summed E-state index contributed by atoms with van der Waals surface area (Å²) in [7, 11) is 0. The summed E-state index contributed by atoms with van der Waals surface area (Å²) >= 11 is 0. The van der Waals surface area contributed by atoms with Crippen molar-refractivity contribution in [2.45, 2.75) is 25.4 Å². The third-order valence-corrected chi connectivity index (χ3v) is 2.03. The standard InChI is InChI=1S/C7H11NO/c1-6-4-9-7(2-3-7)5-8-6/h2-5H2,1H3. The summed E-state index contributed by atoms with van der Waals surface area (Å²) in [4.78, 5) is 4.34. The Morgan fingerprint density at radius 2 is 2.33 bits per heavy atom. The smallest absolute Gasteiger partial charge is 0.0884 e. The van der Waals surface area contributed by atoms with Gasteiger partial charge in [-0.1, -0.05) is 0 Å². The third kappa shape index (κ3) is 0.874. The summed E-state index contributed by atoms with van der Waals surface area (Å²) in [5.41, 5.74) is 1.37. The molecule has 0 aromatic carbocycles. The maximum Gasteiger partial charge on any atom is 0.0884 e. The Kier molecular flexibility index (Phi) is 0.943. The fourth-order valence-electron chi connectivity index (χ4n) is 1.07. The summed E-state index contributed by atoms with van der Waals surface area (Å²) < 4.78 is 5.56. The summed E-state index contributed by atoms with van der Waals surface area (Å²) in [6.45, 7) is 3.70. The van der Waals surface area contributed by atoms with E-state index in [0.29, 0.717) is 0 Å². The van der Waals surface area contributed by atoms with Crippen molar-refractivity contribution in [3.05, 3.63) is 0 Å². The van der Waals surface area contributed by atoms with E-state index >= 15 is 0 Å². The van der Waals surface area contributed by atoms with E-state index in [2.05, 4.69) is 4.99 Å². The lowest BCUT2D eigenvalue weighted by atomic mass is 10.3. The van der Waals surface area contributed by atoms with Gasteiger partial charge < -0.3 is 4.74 Å². The van der Waals surface area contributed by atoms with Crippen molar-refractivity contribution in [3.63, 3.8) is 0 Å². The van der Waals surface area contributed by atoms with Crippen LogP contribution in [0.4, 0.5) is 0 Å². The van der Waals surface area contributed by atoms with Crippen LogP contribution >= 0.6 is 0 Å². The van der Waals surface area contributed by atoms with Gasteiger partial charge in [-0.2, -0.15) is 0 Å². The second kappa shape index (κ2) is 1.57. The third-order valence-electron chi connectivity index (χ3n) is 2.03. The molecule has 0 saturated heterocycles. The topological polar surface area (TPSA) is 21.6 Å².